The average molecular weight is 312 g/mol. The molecule has 1 heterocycles. The quantitative estimate of drug-likeness (QED) is 0.824. The van der Waals surface area contributed by atoms with Crippen LogP contribution in [0.4, 0.5) is 5.95 Å². The van der Waals surface area contributed by atoms with Crippen molar-refractivity contribution in [1.82, 2.24) is 15.3 Å². The standard InChI is InChI=1S/C18H24N4O/c1-13(2)7-9-19-18-20-10-8-16(22-18)17(23)21-12-15-6-4-5-14(3)11-15/h4-6,8,10-11,13H,7,9,12H2,1-3H3,(H,21,23)(H,19,20,22). The fraction of sp³-hybridized carbons (Fsp3) is 0.389. The van der Waals surface area contributed by atoms with E-state index in [1.54, 1.807) is 12.3 Å². The molecule has 0 aliphatic heterocycles. The van der Waals surface area contributed by atoms with Gasteiger partial charge in [0, 0.05) is 19.3 Å². The Hall–Kier alpha value is -2.43. The number of aromatic nitrogens is 2. The van der Waals surface area contributed by atoms with Crippen molar-refractivity contribution in [1.29, 1.82) is 0 Å². The molecule has 1 amide bonds. The number of nitrogens with zero attached hydrogens (tertiary/aromatic N) is 2. The number of benzene rings is 1. The molecule has 0 unspecified atom stereocenters. The molecule has 0 aliphatic rings. The summed E-state index contributed by atoms with van der Waals surface area (Å²) in [6.45, 7) is 7.65. The van der Waals surface area contributed by atoms with Crippen LogP contribution in [0.3, 0.4) is 0 Å². The number of carbonyl (C=O) groups excluding carboxylic acids is 1. The van der Waals surface area contributed by atoms with E-state index in [1.807, 2.05) is 25.1 Å². The first-order valence-corrected chi connectivity index (χ1v) is 7.95. The maximum Gasteiger partial charge on any atom is 0.270 e. The van der Waals surface area contributed by atoms with Crippen LogP contribution in [0.15, 0.2) is 36.5 Å². The Kier molecular flexibility index (Phi) is 6.09. The Balaban J connectivity index is 1.91. The van der Waals surface area contributed by atoms with Gasteiger partial charge in [0.2, 0.25) is 5.95 Å². The molecule has 0 saturated carbocycles. The highest BCUT2D eigenvalue weighted by atomic mass is 16.1. The summed E-state index contributed by atoms with van der Waals surface area (Å²) in [5.74, 6) is 0.915. The molecule has 122 valence electrons. The lowest BCUT2D eigenvalue weighted by Crippen LogP contribution is -2.24. The number of aryl methyl sites for hydroxylation is 1. The summed E-state index contributed by atoms with van der Waals surface area (Å²) in [5, 5.41) is 6.04. The first-order chi connectivity index (χ1) is 11.0. The van der Waals surface area contributed by atoms with Crippen LogP contribution < -0.4 is 10.6 Å². The van der Waals surface area contributed by atoms with E-state index in [0.717, 1.165) is 18.5 Å². The van der Waals surface area contributed by atoms with Gasteiger partial charge in [0.15, 0.2) is 0 Å². The van der Waals surface area contributed by atoms with Crippen molar-refractivity contribution in [3.8, 4) is 0 Å². The van der Waals surface area contributed by atoms with Gasteiger partial charge in [-0.2, -0.15) is 0 Å². The molecule has 5 heteroatoms. The summed E-state index contributed by atoms with van der Waals surface area (Å²) in [4.78, 5) is 20.6. The molecule has 0 atom stereocenters. The third-order valence-corrected chi connectivity index (χ3v) is 3.43. The summed E-state index contributed by atoms with van der Waals surface area (Å²) in [7, 11) is 0. The average Bonchev–Trinajstić information content (AvgIpc) is 2.52. The van der Waals surface area contributed by atoms with Gasteiger partial charge in [-0.05, 0) is 30.9 Å². The van der Waals surface area contributed by atoms with E-state index in [4.69, 9.17) is 0 Å². The van der Waals surface area contributed by atoms with Crippen LogP contribution in [0, 0.1) is 12.8 Å². The number of hydrogen-bond donors (Lipinski definition) is 2. The second kappa shape index (κ2) is 8.27. The second-order valence-electron chi connectivity index (χ2n) is 6.05. The first-order valence-electron chi connectivity index (χ1n) is 7.95. The van der Waals surface area contributed by atoms with Crippen LogP contribution in [0.5, 0.6) is 0 Å². The SMILES string of the molecule is Cc1cccc(CNC(=O)c2ccnc(NCCC(C)C)n2)c1. The minimum atomic E-state index is -0.194. The number of hydrogen-bond acceptors (Lipinski definition) is 4. The van der Waals surface area contributed by atoms with Gasteiger partial charge in [-0.25, -0.2) is 9.97 Å². The molecule has 0 spiro atoms. The zero-order valence-electron chi connectivity index (χ0n) is 14.0. The highest BCUT2D eigenvalue weighted by Crippen LogP contribution is 2.06. The van der Waals surface area contributed by atoms with E-state index < -0.39 is 0 Å². The molecule has 0 fully saturated rings. The minimum Gasteiger partial charge on any atom is -0.354 e. The monoisotopic (exact) mass is 312 g/mol. The van der Waals surface area contributed by atoms with Crippen LogP contribution in [-0.2, 0) is 6.54 Å². The van der Waals surface area contributed by atoms with Gasteiger partial charge in [0.05, 0.1) is 0 Å². The lowest BCUT2D eigenvalue weighted by Gasteiger charge is -2.09. The van der Waals surface area contributed by atoms with Crippen molar-refractivity contribution in [2.24, 2.45) is 5.92 Å². The van der Waals surface area contributed by atoms with E-state index in [1.165, 1.54) is 5.56 Å². The van der Waals surface area contributed by atoms with Crippen molar-refractivity contribution in [2.45, 2.75) is 33.7 Å². The van der Waals surface area contributed by atoms with Crippen molar-refractivity contribution in [3.63, 3.8) is 0 Å². The summed E-state index contributed by atoms with van der Waals surface area (Å²) >= 11 is 0. The summed E-state index contributed by atoms with van der Waals surface area (Å²) in [5.41, 5.74) is 2.62. The van der Waals surface area contributed by atoms with E-state index in [-0.39, 0.29) is 5.91 Å². The van der Waals surface area contributed by atoms with Crippen molar-refractivity contribution in [2.75, 3.05) is 11.9 Å². The number of amides is 1. The summed E-state index contributed by atoms with van der Waals surface area (Å²) in [6, 6.07) is 9.69. The molecule has 1 aromatic carbocycles. The zero-order chi connectivity index (χ0) is 16.7. The Bertz CT molecular complexity index is 655. The normalized spacial score (nSPS) is 10.6. The Morgan fingerprint density at radius 3 is 2.83 bits per heavy atom. The minimum absolute atomic E-state index is 0.194. The fourth-order valence-electron chi connectivity index (χ4n) is 2.14. The summed E-state index contributed by atoms with van der Waals surface area (Å²) in [6.07, 6.45) is 2.64. The maximum absolute atomic E-state index is 12.2. The van der Waals surface area contributed by atoms with Gasteiger partial charge in [-0.1, -0.05) is 43.7 Å². The predicted octanol–water partition coefficient (Wildman–Crippen LogP) is 3.17. The Labute approximate surface area is 137 Å². The second-order valence-corrected chi connectivity index (χ2v) is 6.05. The smallest absolute Gasteiger partial charge is 0.270 e. The van der Waals surface area contributed by atoms with E-state index >= 15 is 0 Å². The Morgan fingerprint density at radius 1 is 1.26 bits per heavy atom. The highest BCUT2D eigenvalue weighted by Gasteiger charge is 2.08. The maximum atomic E-state index is 12.2. The molecule has 2 rings (SSSR count). The van der Waals surface area contributed by atoms with Gasteiger partial charge in [0.25, 0.3) is 5.91 Å². The molecule has 0 aliphatic carbocycles. The molecule has 5 nitrogen and oxygen atoms in total. The molecule has 23 heavy (non-hydrogen) atoms. The van der Waals surface area contributed by atoms with Gasteiger partial charge >= 0.3 is 0 Å². The molecule has 2 aromatic rings. The van der Waals surface area contributed by atoms with Gasteiger partial charge in [0.1, 0.15) is 5.69 Å². The van der Waals surface area contributed by atoms with E-state index in [0.29, 0.717) is 24.1 Å². The van der Waals surface area contributed by atoms with Gasteiger partial charge in [-0.15, -0.1) is 0 Å². The number of carbonyl (C=O) groups is 1. The lowest BCUT2D eigenvalue weighted by molar-refractivity contribution is 0.0946. The molecular weight excluding hydrogens is 288 g/mol. The molecule has 0 radical (unpaired) electrons. The zero-order valence-corrected chi connectivity index (χ0v) is 14.0. The number of anilines is 1. The molecule has 1 aromatic heterocycles. The van der Waals surface area contributed by atoms with Crippen LogP contribution in [0.1, 0.15) is 41.9 Å². The number of rotatable bonds is 7. The van der Waals surface area contributed by atoms with Crippen LogP contribution in [0.25, 0.3) is 0 Å². The summed E-state index contributed by atoms with van der Waals surface area (Å²) < 4.78 is 0. The van der Waals surface area contributed by atoms with Gasteiger partial charge in [-0.3, -0.25) is 4.79 Å². The Morgan fingerprint density at radius 2 is 2.09 bits per heavy atom. The molecular formula is C18H24N4O. The largest absolute Gasteiger partial charge is 0.354 e. The highest BCUT2D eigenvalue weighted by molar-refractivity contribution is 5.92. The molecule has 0 bridgehead atoms. The van der Waals surface area contributed by atoms with E-state index in [9.17, 15) is 4.79 Å². The third-order valence-electron chi connectivity index (χ3n) is 3.43. The fourth-order valence-corrected chi connectivity index (χ4v) is 2.14. The lowest BCUT2D eigenvalue weighted by atomic mass is 10.1. The van der Waals surface area contributed by atoms with Crippen molar-refractivity contribution < 1.29 is 4.79 Å². The predicted molar refractivity (Wildman–Crippen MR) is 92.3 cm³/mol. The van der Waals surface area contributed by atoms with Crippen LogP contribution in [0.2, 0.25) is 0 Å². The van der Waals surface area contributed by atoms with Crippen LogP contribution >= 0.6 is 0 Å². The van der Waals surface area contributed by atoms with Crippen molar-refractivity contribution >= 4 is 11.9 Å². The first kappa shape index (κ1) is 16.9. The van der Waals surface area contributed by atoms with E-state index in [2.05, 4.69) is 40.5 Å². The topological polar surface area (TPSA) is 66.9 Å². The molecule has 0 saturated heterocycles. The van der Waals surface area contributed by atoms with Gasteiger partial charge < -0.3 is 10.6 Å². The van der Waals surface area contributed by atoms with Crippen molar-refractivity contribution in [3.05, 3.63) is 53.3 Å². The number of nitrogens with one attached hydrogen (secondary N) is 2. The third kappa shape index (κ3) is 5.70. The van der Waals surface area contributed by atoms with Crippen LogP contribution in [-0.4, -0.2) is 22.4 Å². The molecule has 2 N–H and O–H groups in total.